The molecule has 12 aromatic rings. The molecule has 26 heteroatoms. The molecule has 25 nitrogen and oxygen atoms in total. The van der Waals surface area contributed by atoms with E-state index in [4.69, 9.17) is 46.7 Å². The zero-order valence-corrected chi connectivity index (χ0v) is 56.8. The van der Waals surface area contributed by atoms with Gasteiger partial charge in [-0.2, -0.15) is 15.3 Å². The van der Waals surface area contributed by atoms with Gasteiger partial charge in [0.05, 0.1) is 34.3 Å². The summed E-state index contributed by atoms with van der Waals surface area (Å²) < 4.78 is 49.8. The molecule has 2 amide bonds. The van der Waals surface area contributed by atoms with Crippen LogP contribution in [0.2, 0.25) is 0 Å². The van der Waals surface area contributed by atoms with Crippen LogP contribution in [0.1, 0.15) is 82.8 Å². The van der Waals surface area contributed by atoms with Crippen LogP contribution in [0.15, 0.2) is 220 Å². The van der Waals surface area contributed by atoms with Crippen molar-refractivity contribution < 1.29 is 32.2 Å². The van der Waals surface area contributed by atoms with Gasteiger partial charge in [-0.1, -0.05) is 73.8 Å². The average molecular weight is 1390 g/mol. The van der Waals surface area contributed by atoms with Gasteiger partial charge in [-0.3, -0.25) is 9.59 Å². The molecule has 3 aliphatic rings. The number of nitrogens with zero attached hydrogens (tertiary/aromatic N) is 13. The van der Waals surface area contributed by atoms with E-state index in [1.54, 1.807) is 17.1 Å². The van der Waals surface area contributed by atoms with Gasteiger partial charge in [-0.15, -0.1) is 0 Å². The maximum atomic E-state index is 12.0. The van der Waals surface area contributed by atoms with Crippen molar-refractivity contribution in [2.45, 2.75) is 94.9 Å². The maximum Gasteiger partial charge on any atom is 0.246 e. The fourth-order valence-electron chi connectivity index (χ4n) is 13.1. The van der Waals surface area contributed by atoms with Crippen LogP contribution >= 0.6 is 0 Å². The van der Waals surface area contributed by atoms with E-state index in [0.717, 1.165) is 113 Å². The van der Waals surface area contributed by atoms with Gasteiger partial charge in [0.15, 0.2) is 16.9 Å². The number of sulfonamides is 1. The number of nitrogens with one attached hydrogen (secondary N) is 2. The Kier molecular flexibility index (Phi) is 20.7. The van der Waals surface area contributed by atoms with E-state index >= 15 is 0 Å². The fraction of sp³-hybridized carbons (Fsp3) is 0.224. The Morgan fingerprint density at radius 2 is 0.824 bits per heavy atom. The number of hydrogen-bond donors (Lipinski definition) is 5. The molecule has 8 N–H and O–H groups in total. The molecule has 6 aromatic carbocycles. The molecular formula is C76H76N18O7S. The summed E-state index contributed by atoms with van der Waals surface area (Å²) in [6.07, 6.45) is 16.3. The summed E-state index contributed by atoms with van der Waals surface area (Å²) in [7, 11) is -3.45. The van der Waals surface area contributed by atoms with Crippen LogP contribution in [0.25, 0.3) is 66.9 Å². The van der Waals surface area contributed by atoms with Crippen LogP contribution in [0.4, 0.5) is 17.5 Å². The Morgan fingerprint density at radius 3 is 1.18 bits per heavy atom. The summed E-state index contributed by atoms with van der Waals surface area (Å²) in [4.78, 5) is 51.8. The van der Waals surface area contributed by atoms with Crippen molar-refractivity contribution in [3.63, 3.8) is 0 Å². The normalized spacial score (nSPS) is 17.5. The van der Waals surface area contributed by atoms with E-state index in [-0.39, 0.29) is 42.0 Å². The Labute approximate surface area is 588 Å². The third kappa shape index (κ3) is 15.6. The van der Waals surface area contributed by atoms with Crippen molar-refractivity contribution in [2.75, 3.05) is 30.3 Å². The molecule has 0 radical (unpaired) electrons. The number of nitrogen functional groups attached to an aromatic ring is 3. The van der Waals surface area contributed by atoms with Crippen LogP contribution in [0.3, 0.4) is 0 Å². The monoisotopic (exact) mass is 1380 g/mol. The number of nitrogens with two attached hydrogens (primary N) is 3. The number of carbonyl (C=O) groups excluding carboxylic acids is 2. The van der Waals surface area contributed by atoms with E-state index in [1.807, 2.05) is 185 Å². The number of rotatable bonds is 18. The first-order chi connectivity index (χ1) is 49.7. The number of allylic oxidation sites excluding steroid dienone is 1. The predicted molar refractivity (Wildman–Crippen MR) is 393 cm³/mol. The number of amides is 2. The van der Waals surface area contributed by atoms with Gasteiger partial charge in [-0.25, -0.2) is 57.1 Å². The Bertz CT molecular complexity index is 5080. The molecule has 1 unspecified atom stereocenters. The second kappa shape index (κ2) is 30.9. The van der Waals surface area contributed by atoms with Crippen LogP contribution < -0.4 is 41.5 Å². The molecule has 0 spiro atoms. The highest BCUT2D eigenvalue weighted by Crippen LogP contribution is 2.41. The topological polar surface area (TPSA) is 332 Å². The lowest BCUT2D eigenvalue weighted by molar-refractivity contribution is -0.125. The Hall–Kier alpha value is -12.2. The summed E-state index contributed by atoms with van der Waals surface area (Å²) in [6.45, 7) is 9.99. The zero-order chi connectivity index (χ0) is 70.7. The molecule has 1 atom stereocenters. The number of fused-ring (bicyclic) bond motifs is 3. The number of para-hydroxylation sites is 3. The summed E-state index contributed by atoms with van der Waals surface area (Å²) in [5, 5.41) is 20.9. The summed E-state index contributed by atoms with van der Waals surface area (Å²) >= 11 is 0. The number of likely N-dealkylation sites (tertiary alicyclic amines) is 1. The van der Waals surface area contributed by atoms with Gasteiger partial charge in [0.1, 0.15) is 88.0 Å². The maximum absolute atomic E-state index is 12.0. The van der Waals surface area contributed by atoms with E-state index in [1.165, 1.54) is 25.1 Å². The molecule has 102 heavy (non-hydrogen) atoms. The number of hydrogen-bond acceptors (Lipinski definition) is 19. The van der Waals surface area contributed by atoms with Crippen molar-refractivity contribution in [3.05, 3.63) is 220 Å². The molecule has 3 fully saturated rings. The standard InChI is InChI=1S/C27H28N6O2.C25H26N6O3S.C24H22N6O2/c1-2-6-23(34)31-19-11-13-20(14-12-19)33-27-24(26(28)29-17-30-27)25(32-33)18-9-15-22(16-10-18)35-21-7-4-3-5-8-21;1-2-35(32,33)30-18-10-12-19(13-11-18)31-25-22(24(26)27-16-28-25)23(29-31)17-8-14-21(15-9-17)34-20-6-4-3-5-7-20;1-2-20(31)29-13-12-17(14-29)30-24-21(23(25)26-15-27-24)22(28-30)16-8-10-19(11-9-16)32-18-6-4-3-5-7-18/h2-10,15-17,19-20H,11-14H2,1H3,(H,31,34)(H2,28,29,30);2-9,14-16,18-19,30H,1,10-13H2,(H2,26,27,28);2-11,15,17H,1,12-14H2,(H2,25,26,27)/b6-2+;;. The van der Waals surface area contributed by atoms with Gasteiger partial charge >= 0.3 is 0 Å². The first kappa shape index (κ1) is 68.4. The molecule has 7 heterocycles. The van der Waals surface area contributed by atoms with Crippen molar-refractivity contribution in [2.24, 2.45) is 0 Å². The van der Waals surface area contributed by atoms with Crippen LogP contribution in [-0.2, 0) is 19.6 Å². The number of benzene rings is 6. The highest BCUT2D eigenvalue weighted by molar-refractivity contribution is 7.92. The second-order valence-corrected chi connectivity index (χ2v) is 26.5. The Balaban J connectivity index is 0.000000137. The zero-order valence-electron chi connectivity index (χ0n) is 56.0. The molecule has 6 aromatic heterocycles. The van der Waals surface area contributed by atoms with Crippen molar-refractivity contribution >= 4 is 72.4 Å². The molecule has 0 bridgehead atoms. The smallest absolute Gasteiger partial charge is 0.246 e. The lowest BCUT2D eigenvalue weighted by Gasteiger charge is -2.29. The third-order valence-corrected chi connectivity index (χ3v) is 19.3. The minimum Gasteiger partial charge on any atom is -0.457 e. The number of carbonyl (C=O) groups is 2. The molecule has 1 aliphatic heterocycles. The third-order valence-electron chi connectivity index (χ3n) is 18.2. The van der Waals surface area contributed by atoms with Gasteiger partial charge in [0.25, 0.3) is 0 Å². The van der Waals surface area contributed by atoms with Crippen molar-refractivity contribution in [1.82, 2.24) is 74.2 Å². The molecule has 1 saturated heterocycles. The minimum absolute atomic E-state index is 0.00476. The van der Waals surface area contributed by atoms with Crippen LogP contribution in [0, 0.1) is 0 Å². The lowest BCUT2D eigenvalue weighted by atomic mass is 9.91. The quantitative estimate of drug-likeness (QED) is 0.0498. The summed E-state index contributed by atoms with van der Waals surface area (Å²) in [6, 6.07) is 52.3. The first-order valence-electron chi connectivity index (χ1n) is 33.6. The van der Waals surface area contributed by atoms with Gasteiger partial charge in [-0.05, 0) is 186 Å². The fourth-order valence-corrected chi connectivity index (χ4v) is 13.9. The van der Waals surface area contributed by atoms with Crippen LogP contribution in [-0.4, -0.2) is 110 Å². The average Bonchev–Trinajstić information content (AvgIpc) is 1.62. The highest BCUT2D eigenvalue weighted by Gasteiger charge is 2.32. The van der Waals surface area contributed by atoms with Gasteiger partial charge in [0.2, 0.25) is 21.8 Å². The predicted octanol–water partition coefficient (Wildman–Crippen LogP) is 13.3. The van der Waals surface area contributed by atoms with Gasteiger partial charge < -0.3 is 41.6 Å². The summed E-state index contributed by atoms with van der Waals surface area (Å²) in [5.41, 5.74) is 25.7. The number of aromatic nitrogens is 12. The first-order valence-corrected chi connectivity index (χ1v) is 35.2. The lowest BCUT2D eigenvalue weighted by Crippen LogP contribution is -2.37. The van der Waals surface area contributed by atoms with Crippen LogP contribution in [0.5, 0.6) is 34.5 Å². The second-order valence-electron chi connectivity index (χ2n) is 24.9. The number of anilines is 3. The minimum atomic E-state index is -3.45. The number of ether oxygens (including phenoxy) is 3. The molecule has 518 valence electrons. The highest BCUT2D eigenvalue weighted by atomic mass is 32.2. The molecule has 15 rings (SSSR count). The van der Waals surface area contributed by atoms with E-state index in [2.05, 4.69) is 53.1 Å². The summed E-state index contributed by atoms with van der Waals surface area (Å²) in [5.74, 6) is 5.53. The van der Waals surface area contributed by atoms with Crippen molar-refractivity contribution in [1.29, 1.82) is 0 Å². The molecule has 2 aliphatic carbocycles. The van der Waals surface area contributed by atoms with E-state index in [9.17, 15) is 18.0 Å². The van der Waals surface area contributed by atoms with Gasteiger partial charge in [0, 0.05) is 47.3 Å². The SMILES string of the molecule is C/C=C/C(=O)NC1CCC(n2nc(-c3ccc(Oc4ccccc4)cc3)c3c(N)ncnc32)CC1.C=CC(=O)N1CCC(n2nc(-c3ccc(Oc4ccccc4)cc3)c3c(N)ncnc32)C1.C=CS(=O)(=O)NC1CCC(n2nc(-c3ccc(Oc4ccccc4)cc3)c3c(N)ncnc32)CC1. The van der Waals surface area contributed by atoms with Crippen molar-refractivity contribution in [3.8, 4) is 68.3 Å². The molecular weight excluding hydrogens is 1310 g/mol. The molecule has 2 saturated carbocycles. The largest absolute Gasteiger partial charge is 0.457 e. The Morgan fingerprint density at radius 1 is 0.471 bits per heavy atom. The van der Waals surface area contributed by atoms with E-state index in [0.29, 0.717) is 82.6 Å². The van der Waals surface area contributed by atoms with E-state index < -0.39 is 10.0 Å².